The lowest BCUT2D eigenvalue weighted by Gasteiger charge is -2.07. The molecule has 0 aliphatic carbocycles. The van der Waals surface area contributed by atoms with Crippen molar-refractivity contribution in [2.45, 2.75) is 11.3 Å². The number of nitrogens with one attached hydrogen (secondary N) is 1. The number of sulfonamides is 1. The molecule has 4 rings (SSSR count). The first-order valence-corrected chi connectivity index (χ1v) is 11.7. The maximum absolute atomic E-state index is 13.1. The van der Waals surface area contributed by atoms with Gasteiger partial charge in [-0.15, -0.1) is 11.3 Å². The third-order valence-electron chi connectivity index (χ3n) is 4.59. The molecule has 154 valence electrons. The van der Waals surface area contributed by atoms with Crippen LogP contribution in [0, 0.1) is 0 Å². The summed E-state index contributed by atoms with van der Waals surface area (Å²) in [5.41, 5.74) is 2.24. The number of benzene rings is 2. The standard InChI is InChI=1S/C22H21N3O3S2/c1-28-19-10-5-7-17(15-19)12-13-23-30(26,27)21-16-25(18-8-3-2-4-9-18)24-22(21)20-11-6-14-29-20/h2-11,14-16,23H,12-13H2,1H3. The van der Waals surface area contributed by atoms with E-state index in [1.54, 1.807) is 18.0 Å². The summed E-state index contributed by atoms with van der Waals surface area (Å²) in [5, 5.41) is 6.48. The molecule has 0 fully saturated rings. The fourth-order valence-electron chi connectivity index (χ4n) is 3.09. The molecule has 0 aliphatic heterocycles. The van der Waals surface area contributed by atoms with Gasteiger partial charge in [0.2, 0.25) is 10.0 Å². The largest absolute Gasteiger partial charge is 0.497 e. The first kappa shape index (κ1) is 20.3. The maximum atomic E-state index is 13.1. The van der Waals surface area contributed by atoms with Gasteiger partial charge in [-0.3, -0.25) is 0 Å². The number of nitrogens with zero attached hydrogens (tertiary/aromatic N) is 2. The zero-order chi connectivity index (χ0) is 21.0. The van der Waals surface area contributed by atoms with Crippen LogP contribution < -0.4 is 9.46 Å². The summed E-state index contributed by atoms with van der Waals surface area (Å²) in [6.45, 7) is 0.274. The summed E-state index contributed by atoms with van der Waals surface area (Å²) in [4.78, 5) is 0.970. The lowest BCUT2D eigenvalue weighted by atomic mass is 10.1. The van der Waals surface area contributed by atoms with Gasteiger partial charge in [0.05, 0.1) is 23.9 Å². The minimum absolute atomic E-state index is 0.166. The number of para-hydroxylation sites is 1. The molecule has 0 aliphatic rings. The van der Waals surface area contributed by atoms with E-state index in [1.165, 1.54) is 11.3 Å². The normalized spacial score (nSPS) is 11.5. The average molecular weight is 440 g/mol. The highest BCUT2D eigenvalue weighted by molar-refractivity contribution is 7.89. The molecule has 2 aromatic heterocycles. The van der Waals surface area contributed by atoms with E-state index < -0.39 is 10.0 Å². The van der Waals surface area contributed by atoms with Crippen LogP contribution in [0.2, 0.25) is 0 Å². The number of hydrogen-bond acceptors (Lipinski definition) is 5. The topological polar surface area (TPSA) is 73.2 Å². The quantitative estimate of drug-likeness (QED) is 0.448. The van der Waals surface area contributed by atoms with Crippen LogP contribution in [0.4, 0.5) is 0 Å². The van der Waals surface area contributed by atoms with Gasteiger partial charge in [0.25, 0.3) is 0 Å². The molecule has 2 aromatic carbocycles. The molecule has 8 heteroatoms. The summed E-state index contributed by atoms with van der Waals surface area (Å²) in [5.74, 6) is 0.750. The third kappa shape index (κ3) is 4.46. The van der Waals surface area contributed by atoms with E-state index >= 15 is 0 Å². The number of ether oxygens (including phenoxy) is 1. The Morgan fingerprint density at radius 2 is 1.90 bits per heavy atom. The zero-order valence-electron chi connectivity index (χ0n) is 16.4. The van der Waals surface area contributed by atoms with Crippen molar-refractivity contribution < 1.29 is 13.2 Å². The van der Waals surface area contributed by atoms with Crippen LogP contribution in [0.25, 0.3) is 16.3 Å². The first-order valence-electron chi connectivity index (χ1n) is 9.38. The van der Waals surface area contributed by atoms with Crippen LogP contribution in [0.3, 0.4) is 0 Å². The molecule has 0 saturated heterocycles. The molecule has 0 bridgehead atoms. The highest BCUT2D eigenvalue weighted by Crippen LogP contribution is 2.30. The fraction of sp³-hybridized carbons (Fsp3) is 0.136. The van der Waals surface area contributed by atoms with Gasteiger partial charge in [-0.2, -0.15) is 5.10 Å². The van der Waals surface area contributed by atoms with Crippen LogP contribution in [-0.2, 0) is 16.4 Å². The number of aromatic nitrogens is 2. The highest BCUT2D eigenvalue weighted by Gasteiger charge is 2.24. The predicted molar refractivity (Wildman–Crippen MR) is 119 cm³/mol. The summed E-state index contributed by atoms with van der Waals surface area (Å²) in [6.07, 6.45) is 2.12. The summed E-state index contributed by atoms with van der Waals surface area (Å²) < 4.78 is 35.8. The van der Waals surface area contributed by atoms with Crippen molar-refractivity contribution in [2.24, 2.45) is 0 Å². The number of methoxy groups -OCH3 is 1. The molecular formula is C22H21N3O3S2. The second-order valence-electron chi connectivity index (χ2n) is 6.60. The van der Waals surface area contributed by atoms with Crippen LogP contribution in [0.5, 0.6) is 5.75 Å². The first-order chi connectivity index (χ1) is 14.6. The van der Waals surface area contributed by atoms with Gasteiger partial charge in [0.15, 0.2) is 0 Å². The van der Waals surface area contributed by atoms with E-state index in [4.69, 9.17) is 4.74 Å². The molecule has 0 radical (unpaired) electrons. The Balaban J connectivity index is 1.60. The zero-order valence-corrected chi connectivity index (χ0v) is 18.0. The molecule has 0 amide bonds. The molecule has 4 aromatic rings. The second kappa shape index (κ2) is 8.83. The van der Waals surface area contributed by atoms with E-state index in [0.29, 0.717) is 12.1 Å². The summed E-state index contributed by atoms with van der Waals surface area (Å²) in [7, 11) is -2.14. The molecule has 6 nitrogen and oxygen atoms in total. The van der Waals surface area contributed by atoms with Crippen molar-refractivity contribution >= 4 is 21.4 Å². The molecule has 0 atom stereocenters. The summed E-state index contributed by atoms with van der Waals surface area (Å²) >= 11 is 1.46. The number of thiophene rings is 1. The molecule has 0 unspecified atom stereocenters. The Labute approximate surface area is 179 Å². The number of hydrogen-bond donors (Lipinski definition) is 1. The molecule has 2 heterocycles. The minimum Gasteiger partial charge on any atom is -0.497 e. The third-order valence-corrected chi connectivity index (χ3v) is 6.92. The average Bonchev–Trinajstić information content (AvgIpc) is 3.44. The van der Waals surface area contributed by atoms with Crippen LogP contribution in [0.1, 0.15) is 5.56 Å². The maximum Gasteiger partial charge on any atom is 0.244 e. The molecular weight excluding hydrogens is 418 g/mol. The van der Waals surface area contributed by atoms with Gasteiger partial charge in [-0.1, -0.05) is 36.4 Å². The lowest BCUT2D eigenvalue weighted by Crippen LogP contribution is -2.26. The van der Waals surface area contributed by atoms with E-state index in [2.05, 4.69) is 9.82 Å². The lowest BCUT2D eigenvalue weighted by molar-refractivity contribution is 0.414. The predicted octanol–water partition coefficient (Wildman–Crippen LogP) is 4.13. The summed E-state index contributed by atoms with van der Waals surface area (Å²) in [6, 6.07) is 20.8. The van der Waals surface area contributed by atoms with E-state index in [9.17, 15) is 8.42 Å². The molecule has 30 heavy (non-hydrogen) atoms. The van der Waals surface area contributed by atoms with E-state index in [0.717, 1.165) is 21.9 Å². The van der Waals surface area contributed by atoms with Gasteiger partial charge in [0, 0.05) is 6.54 Å². The molecule has 0 saturated carbocycles. The van der Waals surface area contributed by atoms with E-state index in [1.807, 2.05) is 72.1 Å². The second-order valence-corrected chi connectivity index (χ2v) is 9.28. The SMILES string of the molecule is COc1cccc(CCNS(=O)(=O)c2cn(-c3ccccc3)nc2-c2cccs2)c1. The van der Waals surface area contributed by atoms with Crippen molar-refractivity contribution in [1.82, 2.24) is 14.5 Å². The van der Waals surface area contributed by atoms with Gasteiger partial charge in [-0.05, 0) is 47.7 Å². The van der Waals surface area contributed by atoms with E-state index in [-0.39, 0.29) is 11.4 Å². The van der Waals surface area contributed by atoms with Crippen molar-refractivity contribution in [3.05, 3.63) is 83.9 Å². The van der Waals surface area contributed by atoms with Gasteiger partial charge < -0.3 is 4.74 Å². The van der Waals surface area contributed by atoms with Crippen molar-refractivity contribution in [3.8, 4) is 22.0 Å². The highest BCUT2D eigenvalue weighted by atomic mass is 32.2. The Hall–Kier alpha value is -2.94. The van der Waals surface area contributed by atoms with Gasteiger partial charge in [-0.25, -0.2) is 17.8 Å². The monoisotopic (exact) mass is 439 g/mol. The van der Waals surface area contributed by atoms with Crippen LogP contribution in [0.15, 0.2) is 83.2 Å². The van der Waals surface area contributed by atoms with Crippen LogP contribution >= 0.6 is 11.3 Å². The minimum atomic E-state index is -3.75. The Morgan fingerprint density at radius 3 is 2.63 bits per heavy atom. The Morgan fingerprint density at radius 1 is 1.07 bits per heavy atom. The molecule has 1 N–H and O–H groups in total. The van der Waals surface area contributed by atoms with Crippen molar-refractivity contribution in [1.29, 1.82) is 0 Å². The van der Waals surface area contributed by atoms with Crippen molar-refractivity contribution in [3.63, 3.8) is 0 Å². The Bertz CT molecular complexity index is 1220. The number of rotatable bonds is 8. The van der Waals surface area contributed by atoms with Gasteiger partial charge in [0.1, 0.15) is 16.3 Å². The van der Waals surface area contributed by atoms with Gasteiger partial charge >= 0.3 is 0 Å². The Kier molecular flexibility index (Phi) is 5.98. The van der Waals surface area contributed by atoms with Crippen LogP contribution in [-0.4, -0.2) is 31.9 Å². The molecule has 0 spiro atoms. The smallest absolute Gasteiger partial charge is 0.244 e. The fourth-order valence-corrected chi connectivity index (χ4v) is 5.05. The van der Waals surface area contributed by atoms with Crippen molar-refractivity contribution in [2.75, 3.05) is 13.7 Å².